The van der Waals surface area contributed by atoms with Gasteiger partial charge in [0.2, 0.25) is 0 Å². The lowest BCUT2D eigenvalue weighted by molar-refractivity contribution is 1.00. The lowest BCUT2D eigenvalue weighted by Gasteiger charge is -1.98. The Labute approximate surface area is 79.2 Å². The second-order valence-corrected chi connectivity index (χ2v) is 3.36. The number of aryl methyl sites for hydroxylation is 1. The predicted molar refractivity (Wildman–Crippen MR) is 56.6 cm³/mol. The normalized spacial score (nSPS) is 10.0. The Morgan fingerprint density at radius 1 is 1.69 bits per heavy atom. The minimum Gasteiger partial charge on any atom is -0.361 e. The highest BCUT2D eigenvalue weighted by Crippen LogP contribution is 2.12. The summed E-state index contributed by atoms with van der Waals surface area (Å²) in [6, 6.07) is 2.03. The van der Waals surface area contributed by atoms with E-state index in [1.54, 1.807) is 0 Å². The number of hydrogen-bond donors (Lipinski definition) is 2. The fraction of sp³-hybridized carbons (Fsp3) is 0.364. The second kappa shape index (κ2) is 4.08. The Hall–Kier alpha value is -1.31. The van der Waals surface area contributed by atoms with Crippen LogP contribution >= 0.6 is 0 Å². The lowest BCUT2D eigenvalue weighted by atomic mass is 10.1. The third-order valence-corrected chi connectivity index (χ3v) is 2.00. The number of aromatic amines is 1. The maximum atomic E-state index is 7.24. The van der Waals surface area contributed by atoms with Gasteiger partial charge in [-0.1, -0.05) is 19.1 Å². The maximum absolute atomic E-state index is 7.24. The number of allylic oxidation sites excluding steroid dienone is 1. The molecular formula is C11H16N2. The van der Waals surface area contributed by atoms with Gasteiger partial charge in [-0.15, -0.1) is 0 Å². The van der Waals surface area contributed by atoms with Gasteiger partial charge in [0.25, 0.3) is 0 Å². The van der Waals surface area contributed by atoms with Crippen molar-refractivity contribution in [2.24, 2.45) is 0 Å². The van der Waals surface area contributed by atoms with Gasteiger partial charge in [-0.2, -0.15) is 0 Å². The first-order chi connectivity index (χ1) is 6.17. The summed E-state index contributed by atoms with van der Waals surface area (Å²) in [5.41, 5.74) is 4.40. The van der Waals surface area contributed by atoms with Crippen LogP contribution in [-0.4, -0.2) is 11.2 Å². The van der Waals surface area contributed by atoms with E-state index in [0.29, 0.717) is 0 Å². The van der Waals surface area contributed by atoms with E-state index in [1.807, 2.05) is 13.0 Å². The van der Waals surface area contributed by atoms with E-state index in [4.69, 9.17) is 5.41 Å². The van der Waals surface area contributed by atoms with Crippen molar-refractivity contribution in [3.8, 4) is 0 Å². The summed E-state index contributed by atoms with van der Waals surface area (Å²) in [7, 11) is 0. The number of H-pyrrole nitrogens is 1. The van der Waals surface area contributed by atoms with Gasteiger partial charge >= 0.3 is 0 Å². The molecule has 1 heterocycles. The van der Waals surface area contributed by atoms with Crippen molar-refractivity contribution >= 4 is 6.21 Å². The van der Waals surface area contributed by atoms with Gasteiger partial charge in [-0.05, 0) is 19.4 Å². The molecule has 0 radical (unpaired) electrons. The molecule has 0 spiro atoms. The first-order valence-corrected chi connectivity index (χ1v) is 4.53. The van der Waals surface area contributed by atoms with Crippen LogP contribution in [0.5, 0.6) is 0 Å². The topological polar surface area (TPSA) is 39.6 Å². The molecule has 0 bridgehead atoms. The zero-order valence-electron chi connectivity index (χ0n) is 8.28. The molecule has 0 aromatic carbocycles. The quantitative estimate of drug-likeness (QED) is 0.523. The fourth-order valence-corrected chi connectivity index (χ4v) is 1.34. The zero-order valence-corrected chi connectivity index (χ0v) is 8.28. The van der Waals surface area contributed by atoms with Gasteiger partial charge in [0, 0.05) is 29.6 Å². The van der Waals surface area contributed by atoms with Crippen LogP contribution in [0.4, 0.5) is 0 Å². The summed E-state index contributed by atoms with van der Waals surface area (Å²) in [5.74, 6) is 0. The molecule has 2 nitrogen and oxygen atoms in total. The van der Waals surface area contributed by atoms with Crippen molar-refractivity contribution in [3.63, 3.8) is 0 Å². The largest absolute Gasteiger partial charge is 0.361 e. The summed E-state index contributed by atoms with van der Waals surface area (Å²) >= 11 is 0. The molecule has 2 heteroatoms. The van der Waals surface area contributed by atoms with E-state index >= 15 is 0 Å². The Morgan fingerprint density at radius 3 is 2.85 bits per heavy atom. The van der Waals surface area contributed by atoms with Crippen molar-refractivity contribution in [1.29, 1.82) is 5.41 Å². The van der Waals surface area contributed by atoms with Crippen LogP contribution in [0.25, 0.3) is 0 Å². The summed E-state index contributed by atoms with van der Waals surface area (Å²) in [4.78, 5) is 3.30. The monoisotopic (exact) mass is 176 g/mol. The molecule has 1 aromatic heterocycles. The van der Waals surface area contributed by atoms with E-state index in [-0.39, 0.29) is 0 Å². The molecule has 0 saturated carbocycles. The van der Waals surface area contributed by atoms with Crippen LogP contribution in [0.3, 0.4) is 0 Å². The van der Waals surface area contributed by atoms with E-state index in [2.05, 4.69) is 18.5 Å². The molecule has 13 heavy (non-hydrogen) atoms. The van der Waals surface area contributed by atoms with Crippen molar-refractivity contribution < 1.29 is 0 Å². The number of nitrogens with one attached hydrogen (secondary N) is 2. The first-order valence-electron chi connectivity index (χ1n) is 4.53. The molecule has 1 aromatic rings. The van der Waals surface area contributed by atoms with Gasteiger partial charge in [0.05, 0.1) is 0 Å². The van der Waals surface area contributed by atoms with Crippen LogP contribution in [0.15, 0.2) is 18.2 Å². The van der Waals surface area contributed by atoms with Gasteiger partial charge in [-0.25, -0.2) is 0 Å². The Morgan fingerprint density at radius 2 is 2.38 bits per heavy atom. The van der Waals surface area contributed by atoms with Crippen molar-refractivity contribution in [3.05, 3.63) is 35.2 Å². The van der Waals surface area contributed by atoms with Gasteiger partial charge < -0.3 is 10.4 Å². The molecule has 0 aliphatic heterocycles. The first kappa shape index (κ1) is 9.78. The summed E-state index contributed by atoms with van der Waals surface area (Å²) in [5, 5.41) is 7.24. The molecule has 1 rings (SSSR count). The van der Waals surface area contributed by atoms with Crippen LogP contribution in [0.1, 0.15) is 30.8 Å². The van der Waals surface area contributed by atoms with Crippen molar-refractivity contribution in [2.45, 2.75) is 26.7 Å². The molecular weight excluding hydrogens is 160 g/mol. The van der Waals surface area contributed by atoms with Crippen molar-refractivity contribution in [2.75, 3.05) is 0 Å². The van der Waals surface area contributed by atoms with Gasteiger partial charge in [-0.3, -0.25) is 0 Å². The lowest BCUT2D eigenvalue weighted by Crippen LogP contribution is -1.91. The minimum absolute atomic E-state index is 0.838. The van der Waals surface area contributed by atoms with Crippen LogP contribution < -0.4 is 0 Å². The SMILES string of the molecule is C=C(C)Cc1[nH]c(CC)cc1C=N. The maximum Gasteiger partial charge on any atom is 0.0279 e. The van der Waals surface area contributed by atoms with E-state index in [0.717, 1.165) is 29.7 Å². The third-order valence-electron chi connectivity index (χ3n) is 2.00. The van der Waals surface area contributed by atoms with E-state index < -0.39 is 0 Å². The van der Waals surface area contributed by atoms with Gasteiger partial charge in [0.1, 0.15) is 0 Å². The summed E-state index contributed by atoms with van der Waals surface area (Å²) in [6.45, 7) is 7.97. The molecule has 2 N–H and O–H groups in total. The standard InChI is InChI=1S/C11H16N2/c1-4-10-6-9(7-12)11(13-10)5-8(2)3/h6-7,12-13H,2,4-5H2,1,3H3. The highest BCUT2D eigenvalue weighted by atomic mass is 14.7. The predicted octanol–water partition coefficient (Wildman–Crippen LogP) is 2.69. The molecule has 70 valence electrons. The average molecular weight is 176 g/mol. The van der Waals surface area contributed by atoms with E-state index in [1.165, 1.54) is 11.9 Å². The molecule has 0 aliphatic carbocycles. The third kappa shape index (κ3) is 2.31. The van der Waals surface area contributed by atoms with Crippen LogP contribution in [-0.2, 0) is 12.8 Å². The molecule has 0 saturated heterocycles. The van der Waals surface area contributed by atoms with E-state index in [9.17, 15) is 0 Å². The summed E-state index contributed by atoms with van der Waals surface area (Å²) in [6.07, 6.45) is 3.22. The van der Waals surface area contributed by atoms with Gasteiger partial charge in [0.15, 0.2) is 0 Å². The Kier molecular flexibility index (Phi) is 3.07. The zero-order chi connectivity index (χ0) is 9.84. The highest BCUT2D eigenvalue weighted by molar-refractivity contribution is 5.79. The number of rotatable bonds is 4. The smallest absolute Gasteiger partial charge is 0.0279 e. The van der Waals surface area contributed by atoms with Crippen LogP contribution in [0.2, 0.25) is 0 Å². The fourth-order valence-electron chi connectivity index (χ4n) is 1.34. The number of hydrogen-bond acceptors (Lipinski definition) is 1. The van der Waals surface area contributed by atoms with Crippen molar-refractivity contribution in [1.82, 2.24) is 4.98 Å². The molecule has 0 unspecified atom stereocenters. The molecule has 0 amide bonds. The Balaban J connectivity index is 2.96. The highest BCUT2D eigenvalue weighted by Gasteiger charge is 2.04. The molecule has 0 aliphatic rings. The Bertz CT molecular complexity index is 321. The minimum atomic E-state index is 0.838. The average Bonchev–Trinajstić information content (AvgIpc) is 2.46. The van der Waals surface area contributed by atoms with Crippen LogP contribution in [0, 0.1) is 5.41 Å². The summed E-state index contributed by atoms with van der Waals surface area (Å²) < 4.78 is 0. The molecule has 0 atom stereocenters. The second-order valence-electron chi connectivity index (χ2n) is 3.36. The number of aromatic nitrogens is 1. The molecule has 0 fully saturated rings.